The number of ether oxygens (including phenoxy) is 3. The highest BCUT2D eigenvalue weighted by Gasteiger charge is 2.14. The SMILES string of the molecule is C=CCOc1cc(OCC=C)cc(C(=O)Oc2ccc([N+](=O)[O-])cc2)c1. The van der Waals surface area contributed by atoms with E-state index in [0.717, 1.165) is 0 Å². The summed E-state index contributed by atoms with van der Waals surface area (Å²) < 4.78 is 16.1. The molecule has 0 aromatic heterocycles. The first-order chi connectivity index (χ1) is 12.5. The maximum Gasteiger partial charge on any atom is 0.343 e. The maximum absolute atomic E-state index is 12.4. The van der Waals surface area contributed by atoms with Crippen LogP contribution >= 0.6 is 0 Å². The van der Waals surface area contributed by atoms with Crippen molar-refractivity contribution in [1.29, 1.82) is 0 Å². The Balaban J connectivity index is 2.20. The summed E-state index contributed by atoms with van der Waals surface area (Å²) in [6, 6.07) is 9.87. The number of esters is 1. The van der Waals surface area contributed by atoms with Gasteiger partial charge < -0.3 is 14.2 Å². The summed E-state index contributed by atoms with van der Waals surface area (Å²) in [7, 11) is 0. The van der Waals surface area contributed by atoms with E-state index in [1.54, 1.807) is 18.2 Å². The number of non-ortho nitro benzene ring substituents is 1. The molecule has 26 heavy (non-hydrogen) atoms. The molecule has 0 fully saturated rings. The van der Waals surface area contributed by atoms with E-state index in [1.165, 1.54) is 36.4 Å². The number of hydrogen-bond acceptors (Lipinski definition) is 6. The lowest BCUT2D eigenvalue weighted by atomic mass is 10.2. The van der Waals surface area contributed by atoms with Gasteiger partial charge in [0.25, 0.3) is 5.69 Å². The fraction of sp³-hybridized carbons (Fsp3) is 0.105. The van der Waals surface area contributed by atoms with Gasteiger partial charge in [0, 0.05) is 18.2 Å². The lowest BCUT2D eigenvalue weighted by Gasteiger charge is -2.11. The lowest BCUT2D eigenvalue weighted by molar-refractivity contribution is -0.384. The topological polar surface area (TPSA) is 87.9 Å². The first-order valence-corrected chi connectivity index (χ1v) is 7.62. The summed E-state index contributed by atoms with van der Waals surface area (Å²) in [4.78, 5) is 22.5. The number of benzene rings is 2. The van der Waals surface area contributed by atoms with Crippen molar-refractivity contribution in [2.75, 3.05) is 13.2 Å². The summed E-state index contributed by atoms with van der Waals surface area (Å²) >= 11 is 0. The molecular weight excluding hydrogens is 338 g/mol. The minimum Gasteiger partial charge on any atom is -0.489 e. The van der Waals surface area contributed by atoms with Crippen LogP contribution in [0.1, 0.15) is 10.4 Å². The zero-order valence-corrected chi connectivity index (χ0v) is 13.9. The Hall–Kier alpha value is -3.61. The van der Waals surface area contributed by atoms with E-state index in [-0.39, 0.29) is 30.2 Å². The zero-order valence-electron chi connectivity index (χ0n) is 13.9. The van der Waals surface area contributed by atoms with Crippen molar-refractivity contribution in [2.24, 2.45) is 0 Å². The van der Waals surface area contributed by atoms with E-state index in [9.17, 15) is 14.9 Å². The van der Waals surface area contributed by atoms with Crippen LogP contribution in [0.15, 0.2) is 67.8 Å². The van der Waals surface area contributed by atoms with Crippen molar-refractivity contribution in [3.05, 3.63) is 83.5 Å². The van der Waals surface area contributed by atoms with Crippen molar-refractivity contribution in [2.45, 2.75) is 0 Å². The van der Waals surface area contributed by atoms with Crippen LogP contribution in [0.3, 0.4) is 0 Å². The molecule has 0 saturated carbocycles. The van der Waals surface area contributed by atoms with Crippen molar-refractivity contribution in [3.63, 3.8) is 0 Å². The number of nitrogens with zero attached hydrogens (tertiary/aromatic N) is 1. The molecule has 0 aliphatic rings. The molecule has 0 radical (unpaired) electrons. The predicted octanol–water partition coefficient (Wildman–Crippen LogP) is 3.94. The van der Waals surface area contributed by atoms with Gasteiger partial charge in [0.05, 0.1) is 10.5 Å². The highest BCUT2D eigenvalue weighted by atomic mass is 16.6. The van der Waals surface area contributed by atoms with Gasteiger partial charge in [0.15, 0.2) is 0 Å². The smallest absolute Gasteiger partial charge is 0.343 e. The molecule has 134 valence electrons. The molecule has 0 N–H and O–H groups in total. The number of nitro benzene ring substituents is 1. The standard InChI is InChI=1S/C19H17NO6/c1-3-9-24-17-11-14(12-18(13-17)25-10-4-2)19(21)26-16-7-5-15(6-8-16)20(22)23/h3-8,11-13H,1-2,9-10H2. The molecule has 2 rings (SSSR count). The van der Waals surface area contributed by atoms with Crippen LogP contribution in [0, 0.1) is 10.1 Å². The molecule has 0 aliphatic carbocycles. The minimum absolute atomic E-state index is 0.0928. The molecule has 2 aromatic rings. The molecule has 0 amide bonds. The van der Waals surface area contributed by atoms with E-state index in [1.807, 2.05) is 0 Å². The van der Waals surface area contributed by atoms with Crippen molar-refractivity contribution in [3.8, 4) is 17.2 Å². The summed E-state index contributed by atoms with van der Waals surface area (Å²) in [5, 5.41) is 10.7. The second-order valence-corrected chi connectivity index (χ2v) is 5.03. The second kappa shape index (κ2) is 9.03. The van der Waals surface area contributed by atoms with Crippen molar-refractivity contribution in [1.82, 2.24) is 0 Å². The van der Waals surface area contributed by atoms with Gasteiger partial charge in [0.1, 0.15) is 30.5 Å². The average molecular weight is 355 g/mol. The van der Waals surface area contributed by atoms with Crippen LogP contribution in [-0.4, -0.2) is 24.1 Å². The first-order valence-electron chi connectivity index (χ1n) is 7.62. The molecule has 0 bridgehead atoms. The van der Waals surface area contributed by atoms with Crippen LogP contribution in [0.4, 0.5) is 5.69 Å². The van der Waals surface area contributed by atoms with Gasteiger partial charge in [-0.3, -0.25) is 10.1 Å². The monoisotopic (exact) mass is 355 g/mol. The van der Waals surface area contributed by atoms with Crippen molar-refractivity contribution >= 4 is 11.7 Å². The number of nitro groups is 1. The average Bonchev–Trinajstić information content (AvgIpc) is 2.65. The maximum atomic E-state index is 12.4. The van der Waals surface area contributed by atoms with Crippen LogP contribution < -0.4 is 14.2 Å². The fourth-order valence-electron chi connectivity index (χ4n) is 1.97. The number of rotatable bonds is 9. The third-order valence-corrected chi connectivity index (χ3v) is 3.11. The number of carbonyl (C=O) groups is 1. The molecular formula is C19H17NO6. The van der Waals surface area contributed by atoms with Crippen molar-refractivity contribution < 1.29 is 23.9 Å². The summed E-state index contributed by atoms with van der Waals surface area (Å²) in [5.74, 6) is 0.377. The Morgan fingerprint density at radius 3 is 1.96 bits per heavy atom. The Morgan fingerprint density at radius 2 is 1.50 bits per heavy atom. The second-order valence-electron chi connectivity index (χ2n) is 5.03. The molecule has 0 spiro atoms. The van der Waals surface area contributed by atoms with Crippen LogP contribution in [0.25, 0.3) is 0 Å². The Kier molecular flexibility index (Phi) is 6.50. The Bertz CT molecular complexity index is 783. The van der Waals surface area contributed by atoms with E-state index in [2.05, 4.69) is 13.2 Å². The number of carbonyl (C=O) groups excluding carboxylic acids is 1. The zero-order chi connectivity index (χ0) is 18.9. The highest BCUT2D eigenvalue weighted by Crippen LogP contribution is 2.25. The minimum atomic E-state index is -0.647. The third kappa shape index (κ3) is 5.20. The van der Waals surface area contributed by atoms with Gasteiger partial charge in [-0.2, -0.15) is 0 Å². The Labute approximate surface area is 150 Å². The van der Waals surface area contributed by atoms with Crippen LogP contribution in [0.5, 0.6) is 17.2 Å². The lowest BCUT2D eigenvalue weighted by Crippen LogP contribution is -2.09. The molecule has 0 saturated heterocycles. The normalized spacial score (nSPS) is 9.85. The van der Waals surface area contributed by atoms with Gasteiger partial charge in [0.2, 0.25) is 0 Å². The third-order valence-electron chi connectivity index (χ3n) is 3.11. The Morgan fingerprint density at radius 1 is 0.962 bits per heavy atom. The van der Waals surface area contributed by atoms with E-state index in [0.29, 0.717) is 11.5 Å². The molecule has 0 heterocycles. The quantitative estimate of drug-likeness (QED) is 0.223. The fourth-order valence-corrected chi connectivity index (χ4v) is 1.97. The van der Waals surface area contributed by atoms with Gasteiger partial charge in [-0.25, -0.2) is 4.79 Å². The first kappa shape index (κ1) is 18.7. The van der Waals surface area contributed by atoms with Gasteiger partial charge in [-0.15, -0.1) is 0 Å². The molecule has 0 unspecified atom stereocenters. The van der Waals surface area contributed by atoms with E-state index >= 15 is 0 Å². The van der Waals surface area contributed by atoms with E-state index < -0.39 is 10.9 Å². The number of hydrogen-bond donors (Lipinski definition) is 0. The van der Waals surface area contributed by atoms with Crippen LogP contribution in [0.2, 0.25) is 0 Å². The van der Waals surface area contributed by atoms with Gasteiger partial charge in [-0.1, -0.05) is 25.3 Å². The van der Waals surface area contributed by atoms with Gasteiger partial charge in [-0.05, 0) is 24.3 Å². The predicted molar refractivity (Wildman–Crippen MR) is 95.9 cm³/mol. The summed E-state index contributed by atoms with van der Waals surface area (Å²) in [5.41, 5.74) is 0.119. The molecule has 7 nitrogen and oxygen atoms in total. The largest absolute Gasteiger partial charge is 0.489 e. The summed E-state index contributed by atoms with van der Waals surface area (Å²) in [6.45, 7) is 7.67. The molecule has 0 atom stereocenters. The van der Waals surface area contributed by atoms with E-state index in [4.69, 9.17) is 14.2 Å². The molecule has 2 aromatic carbocycles. The van der Waals surface area contributed by atoms with Gasteiger partial charge >= 0.3 is 5.97 Å². The van der Waals surface area contributed by atoms with Crippen LogP contribution in [-0.2, 0) is 0 Å². The molecule has 0 aliphatic heterocycles. The highest BCUT2D eigenvalue weighted by molar-refractivity contribution is 5.92. The summed E-state index contributed by atoms with van der Waals surface area (Å²) in [6.07, 6.45) is 3.15. The molecule has 7 heteroatoms.